The molecule has 1 amide bonds. The van der Waals surface area contributed by atoms with Gasteiger partial charge in [-0.05, 0) is 37.0 Å². The molecular weight excluding hydrogens is 346 g/mol. The minimum absolute atomic E-state index is 0.213. The van der Waals surface area contributed by atoms with Gasteiger partial charge < -0.3 is 9.80 Å². The van der Waals surface area contributed by atoms with Gasteiger partial charge in [-0.2, -0.15) is 4.37 Å². The van der Waals surface area contributed by atoms with Crippen LogP contribution in [0.3, 0.4) is 0 Å². The monoisotopic (exact) mass is 371 g/mol. The zero-order valence-corrected chi connectivity index (χ0v) is 16.3. The van der Waals surface area contributed by atoms with E-state index in [1.807, 2.05) is 14.0 Å². The van der Waals surface area contributed by atoms with Gasteiger partial charge in [0, 0.05) is 63.4 Å². The highest BCUT2D eigenvalue weighted by Gasteiger charge is 2.22. The molecule has 2 aliphatic heterocycles. The third-order valence-corrected chi connectivity index (χ3v) is 6.14. The van der Waals surface area contributed by atoms with E-state index in [-0.39, 0.29) is 5.91 Å². The van der Waals surface area contributed by atoms with Crippen molar-refractivity contribution < 1.29 is 4.79 Å². The Kier molecular flexibility index (Phi) is 4.91. The first kappa shape index (κ1) is 17.4. The predicted molar refractivity (Wildman–Crippen MR) is 105 cm³/mol. The SMILES string of the molecule is Cc1nsc(N2CCCN(Cc3ccc4c(c3)CCC(=O)N4C)CC2)n1. The van der Waals surface area contributed by atoms with Gasteiger partial charge >= 0.3 is 0 Å². The van der Waals surface area contributed by atoms with Crippen LogP contribution in [0.1, 0.15) is 29.8 Å². The molecule has 0 radical (unpaired) electrons. The number of fused-ring (bicyclic) bond motifs is 1. The fourth-order valence-electron chi connectivity index (χ4n) is 3.80. The molecule has 0 aliphatic carbocycles. The summed E-state index contributed by atoms with van der Waals surface area (Å²) >= 11 is 1.50. The molecule has 1 fully saturated rings. The summed E-state index contributed by atoms with van der Waals surface area (Å²) in [6.45, 7) is 7.09. The highest BCUT2D eigenvalue weighted by molar-refractivity contribution is 7.09. The van der Waals surface area contributed by atoms with Crippen LogP contribution >= 0.6 is 11.5 Å². The molecule has 1 aromatic heterocycles. The second kappa shape index (κ2) is 7.32. The van der Waals surface area contributed by atoms with Crippen molar-refractivity contribution >= 4 is 28.3 Å². The zero-order chi connectivity index (χ0) is 18.1. The van der Waals surface area contributed by atoms with Crippen LogP contribution in [0, 0.1) is 6.92 Å². The lowest BCUT2D eigenvalue weighted by molar-refractivity contribution is -0.118. The summed E-state index contributed by atoms with van der Waals surface area (Å²) in [4.78, 5) is 23.0. The Hall–Kier alpha value is -1.99. The number of carbonyl (C=O) groups is 1. The topological polar surface area (TPSA) is 52.6 Å². The number of anilines is 2. The minimum Gasteiger partial charge on any atom is -0.346 e. The predicted octanol–water partition coefficient (Wildman–Crippen LogP) is 2.47. The Labute approximate surface area is 158 Å². The second-order valence-corrected chi connectivity index (χ2v) is 7.89. The molecule has 2 aliphatic rings. The molecule has 138 valence electrons. The number of nitrogens with zero attached hydrogens (tertiary/aromatic N) is 5. The molecule has 3 heterocycles. The molecule has 1 saturated heterocycles. The van der Waals surface area contributed by atoms with Gasteiger partial charge in [-0.1, -0.05) is 12.1 Å². The number of benzene rings is 1. The Morgan fingerprint density at radius 2 is 2.04 bits per heavy atom. The van der Waals surface area contributed by atoms with Crippen molar-refractivity contribution in [3.05, 3.63) is 35.2 Å². The first-order valence-electron chi connectivity index (χ1n) is 9.26. The maximum atomic E-state index is 11.9. The van der Waals surface area contributed by atoms with E-state index in [1.165, 1.54) is 22.7 Å². The van der Waals surface area contributed by atoms with Crippen molar-refractivity contribution in [3.8, 4) is 0 Å². The maximum absolute atomic E-state index is 11.9. The summed E-state index contributed by atoms with van der Waals surface area (Å²) in [7, 11) is 1.87. The van der Waals surface area contributed by atoms with Gasteiger partial charge in [0.1, 0.15) is 5.82 Å². The average molecular weight is 372 g/mol. The van der Waals surface area contributed by atoms with E-state index in [0.29, 0.717) is 6.42 Å². The van der Waals surface area contributed by atoms with Crippen LogP contribution in [0.4, 0.5) is 10.8 Å². The highest BCUT2D eigenvalue weighted by atomic mass is 32.1. The Morgan fingerprint density at radius 1 is 1.15 bits per heavy atom. The fraction of sp³-hybridized carbons (Fsp3) is 0.526. The van der Waals surface area contributed by atoms with Crippen LogP contribution in [0.2, 0.25) is 0 Å². The van der Waals surface area contributed by atoms with Crippen molar-refractivity contribution in [1.29, 1.82) is 0 Å². The van der Waals surface area contributed by atoms with Crippen molar-refractivity contribution in [1.82, 2.24) is 14.3 Å². The van der Waals surface area contributed by atoms with E-state index in [9.17, 15) is 4.79 Å². The van der Waals surface area contributed by atoms with Crippen LogP contribution in [0.15, 0.2) is 18.2 Å². The van der Waals surface area contributed by atoms with Crippen LogP contribution in [-0.2, 0) is 17.8 Å². The lowest BCUT2D eigenvalue weighted by Crippen LogP contribution is -2.32. The van der Waals surface area contributed by atoms with Gasteiger partial charge in [0.05, 0.1) is 0 Å². The molecule has 1 aromatic carbocycles. The van der Waals surface area contributed by atoms with Crippen molar-refractivity contribution in [2.75, 3.05) is 43.0 Å². The van der Waals surface area contributed by atoms with Gasteiger partial charge in [0.2, 0.25) is 11.0 Å². The number of amides is 1. The molecule has 0 spiro atoms. The molecule has 6 nitrogen and oxygen atoms in total. The summed E-state index contributed by atoms with van der Waals surface area (Å²) in [5, 5.41) is 1.05. The number of aryl methyl sites for hydroxylation is 2. The van der Waals surface area contributed by atoms with Crippen molar-refractivity contribution in [3.63, 3.8) is 0 Å². The molecule has 2 aromatic rings. The summed E-state index contributed by atoms with van der Waals surface area (Å²) in [6.07, 6.45) is 2.62. The summed E-state index contributed by atoms with van der Waals surface area (Å²) in [5.74, 6) is 1.08. The largest absolute Gasteiger partial charge is 0.346 e. The molecule has 7 heteroatoms. The van der Waals surface area contributed by atoms with Crippen molar-refractivity contribution in [2.24, 2.45) is 0 Å². The first-order valence-corrected chi connectivity index (χ1v) is 10.0. The third kappa shape index (κ3) is 3.59. The van der Waals surface area contributed by atoms with Gasteiger partial charge in [0.15, 0.2) is 0 Å². The summed E-state index contributed by atoms with van der Waals surface area (Å²) in [5.41, 5.74) is 3.70. The second-order valence-electron chi connectivity index (χ2n) is 7.16. The highest BCUT2D eigenvalue weighted by Crippen LogP contribution is 2.28. The van der Waals surface area contributed by atoms with Gasteiger partial charge in [0.25, 0.3) is 0 Å². The van der Waals surface area contributed by atoms with Crippen molar-refractivity contribution in [2.45, 2.75) is 32.7 Å². The number of carbonyl (C=O) groups excluding carboxylic acids is 1. The lowest BCUT2D eigenvalue weighted by atomic mass is 9.99. The van der Waals surface area contributed by atoms with Gasteiger partial charge in [-0.3, -0.25) is 9.69 Å². The van der Waals surface area contributed by atoms with Crippen LogP contribution in [-0.4, -0.2) is 53.4 Å². The zero-order valence-electron chi connectivity index (χ0n) is 15.4. The Bertz CT molecular complexity index is 805. The summed E-state index contributed by atoms with van der Waals surface area (Å²) in [6, 6.07) is 6.57. The lowest BCUT2D eigenvalue weighted by Gasteiger charge is -2.27. The quantitative estimate of drug-likeness (QED) is 0.830. The first-order chi connectivity index (χ1) is 12.6. The average Bonchev–Trinajstić information content (AvgIpc) is 2.93. The Balaban J connectivity index is 1.41. The molecule has 0 bridgehead atoms. The van der Waals surface area contributed by atoms with E-state index in [1.54, 1.807) is 4.90 Å². The number of hydrogen-bond donors (Lipinski definition) is 0. The van der Waals surface area contributed by atoms with E-state index < -0.39 is 0 Å². The van der Waals surface area contributed by atoms with E-state index in [0.717, 1.165) is 62.2 Å². The van der Waals surface area contributed by atoms with Crippen LogP contribution in [0.25, 0.3) is 0 Å². The number of hydrogen-bond acceptors (Lipinski definition) is 6. The third-order valence-electron chi connectivity index (χ3n) is 5.27. The molecule has 4 rings (SSSR count). The number of aromatic nitrogens is 2. The normalized spacial score (nSPS) is 18.8. The van der Waals surface area contributed by atoms with Gasteiger partial charge in [-0.15, -0.1) is 0 Å². The Morgan fingerprint density at radius 3 is 2.85 bits per heavy atom. The number of rotatable bonds is 3. The molecular formula is C19H25N5OS. The maximum Gasteiger partial charge on any atom is 0.227 e. The molecule has 26 heavy (non-hydrogen) atoms. The van der Waals surface area contributed by atoms with E-state index in [4.69, 9.17) is 0 Å². The van der Waals surface area contributed by atoms with E-state index >= 15 is 0 Å². The van der Waals surface area contributed by atoms with Gasteiger partial charge in [-0.25, -0.2) is 4.98 Å². The minimum atomic E-state index is 0.213. The van der Waals surface area contributed by atoms with Crippen LogP contribution in [0.5, 0.6) is 0 Å². The standard InChI is InChI=1S/C19H25N5OS/c1-14-20-19(26-21-14)24-9-3-8-23(10-11-24)13-15-4-6-17-16(12-15)5-7-18(25)22(17)2/h4,6,12H,3,5,7-11,13H2,1-2H3. The van der Waals surface area contributed by atoms with Crippen LogP contribution < -0.4 is 9.80 Å². The summed E-state index contributed by atoms with van der Waals surface area (Å²) < 4.78 is 4.31. The molecule has 0 atom stereocenters. The fourth-order valence-corrected chi connectivity index (χ4v) is 4.53. The molecule has 0 unspecified atom stereocenters. The molecule has 0 saturated carbocycles. The molecule has 0 N–H and O–H groups in total. The smallest absolute Gasteiger partial charge is 0.227 e. The van der Waals surface area contributed by atoms with E-state index in [2.05, 4.69) is 37.4 Å².